The highest BCUT2D eigenvalue weighted by Gasteiger charge is 2.10. The van der Waals surface area contributed by atoms with E-state index in [4.69, 9.17) is 0 Å². The molecule has 8 nitrogen and oxygen atoms in total. The molecule has 0 aliphatic heterocycles. The normalized spacial score (nSPS) is 11.2. The van der Waals surface area contributed by atoms with E-state index in [1.54, 1.807) is 57.2 Å². The molecule has 2 N–H and O–H groups in total. The lowest BCUT2D eigenvalue weighted by atomic mass is 10.1. The van der Waals surface area contributed by atoms with Gasteiger partial charge in [-0.2, -0.15) is 5.10 Å². The number of nitro benzene ring substituents is 1. The maximum atomic E-state index is 12.2. The maximum Gasteiger partial charge on any atom is 0.271 e. The van der Waals surface area contributed by atoms with E-state index in [0.29, 0.717) is 22.5 Å². The lowest BCUT2D eigenvalue weighted by Crippen LogP contribution is -2.20. The first-order valence-corrected chi connectivity index (χ1v) is 8.28. The van der Waals surface area contributed by atoms with E-state index in [-0.39, 0.29) is 17.5 Å². The molecule has 27 heavy (non-hydrogen) atoms. The van der Waals surface area contributed by atoms with Gasteiger partial charge >= 0.3 is 0 Å². The lowest BCUT2D eigenvalue weighted by molar-refractivity contribution is -0.384. The van der Waals surface area contributed by atoms with Gasteiger partial charge in [-0.05, 0) is 31.2 Å². The number of nitrogens with zero attached hydrogens (tertiary/aromatic N) is 2. The minimum absolute atomic E-state index is 0.0487. The summed E-state index contributed by atoms with van der Waals surface area (Å²) in [5.41, 5.74) is 4.31. The number of rotatable bonds is 6. The molecule has 0 heterocycles. The Hall–Kier alpha value is -3.55. The fourth-order valence-corrected chi connectivity index (χ4v) is 2.10. The van der Waals surface area contributed by atoms with Crippen LogP contribution < -0.4 is 10.7 Å². The average Bonchev–Trinajstić information content (AvgIpc) is 2.66. The minimum Gasteiger partial charge on any atom is -0.326 e. The van der Waals surface area contributed by atoms with E-state index in [2.05, 4.69) is 15.8 Å². The van der Waals surface area contributed by atoms with Gasteiger partial charge in [-0.25, -0.2) is 5.43 Å². The number of amides is 2. The van der Waals surface area contributed by atoms with Gasteiger partial charge in [-0.15, -0.1) is 0 Å². The third-order valence-electron chi connectivity index (χ3n) is 3.74. The van der Waals surface area contributed by atoms with Crippen LogP contribution in [0, 0.1) is 16.0 Å². The number of hydrazone groups is 1. The van der Waals surface area contributed by atoms with Crippen molar-refractivity contribution in [1.82, 2.24) is 5.43 Å². The summed E-state index contributed by atoms with van der Waals surface area (Å²) in [4.78, 5) is 34.2. The van der Waals surface area contributed by atoms with E-state index in [9.17, 15) is 19.7 Å². The summed E-state index contributed by atoms with van der Waals surface area (Å²) in [7, 11) is 0. The summed E-state index contributed by atoms with van der Waals surface area (Å²) >= 11 is 0. The van der Waals surface area contributed by atoms with Crippen LogP contribution in [-0.2, 0) is 4.79 Å². The first kappa shape index (κ1) is 19.8. The molecule has 140 valence electrons. The standard InChI is InChI=1S/C19H20N4O4/c1-12(2)18(24)20-16-9-7-14(8-10-16)19(25)22-21-13(3)15-5-4-6-17(11-15)23(26)27/h4-12H,1-3H3,(H,20,24)(H,22,25)/b21-13+. The molecule has 0 unspecified atom stereocenters. The third kappa shape index (κ3) is 5.46. The van der Waals surface area contributed by atoms with Gasteiger partial charge in [0.15, 0.2) is 0 Å². The number of hydrogen-bond acceptors (Lipinski definition) is 5. The fraction of sp³-hybridized carbons (Fsp3) is 0.211. The number of anilines is 1. The fourth-order valence-electron chi connectivity index (χ4n) is 2.10. The molecular weight excluding hydrogens is 348 g/mol. The number of non-ortho nitro benzene ring substituents is 1. The molecule has 0 saturated carbocycles. The molecule has 0 spiro atoms. The van der Waals surface area contributed by atoms with Crippen molar-refractivity contribution in [3.63, 3.8) is 0 Å². The first-order valence-electron chi connectivity index (χ1n) is 8.28. The maximum absolute atomic E-state index is 12.2. The highest BCUT2D eigenvalue weighted by Crippen LogP contribution is 2.14. The summed E-state index contributed by atoms with van der Waals surface area (Å²) in [5, 5.41) is 17.6. The van der Waals surface area contributed by atoms with E-state index in [0.717, 1.165) is 0 Å². The van der Waals surface area contributed by atoms with Gasteiger partial charge in [0.2, 0.25) is 5.91 Å². The minimum atomic E-state index is -0.491. The van der Waals surface area contributed by atoms with Crippen LogP contribution in [-0.4, -0.2) is 22.4 Å². The van der Waals surface area contributed by atoms with Crippen molar-refractivity contribution < 1.29 is 14.5 Å². The average molecular weight is 368 g/mol. The van der Waals surface area contributed by atoms with Gasteiger partial charge in [0.25, 0.3) is 11.6 Å². The van der Waals surface area contributed by atoms with Crippen LogP contribution in [0.3, 0.4) is 0 Å². The van der Waals surface area contributed by atoms with Gasteiger partial charge < -0.3 is 5.32 Å². The third-order valence-corrected chi connectivity index (χ3v) is 3.74. The Morgan fingerprint density at radius 1 is 1.07 bits per heavy atom. The highest BCUT2D eigenvalue weighted by atomic mass is 16.6. The highest BCUT2D eigenvalue weighted by molar-refractivity contribution is 6.01. The van der Waals surface area contributed by atoms with Crippen molar-refractivity contribution in [2.45, 2.75) is 20.8 Å². The summed E-state index contributed by atoms with van der Waals surface area (Å²) in [6, 6.07) is 12.4. The molecule has 0 aliphatic rings. The van der Waals surface area contributed by atoms with Gasteiger partial charge in [0.05, 0.1) is 10.6 Å². The zero-order valence-electron chi connectivity index (χ0n) is 15.2. The lowest BCUT2D eigenvalue weighted by Gasteiger charge is -2.08. The number of nitrogens with one attached hydrogen (secondary N) is 2. The van der Waals surface area contributed by atoms with Gasteiger partial charge in [-0.3, -0.25) is 19.7 Å². The Bertz CT molecular complexity index is 889. The largest absolute Gasteiger partial charge is 0.326 e. The predicted octanol–water partition coefficient (Wildman–Crippen LogP) is 3.34. The van der Waals surface area contributed by atoms with E-state index in [1.807, 2.05) is 0 Å². The Balaban J connectivity index is 2.04. The molecule has 2 rings (SSSR count). The number of carbonyl (C=O) groups excluding carboxylic acids is 2. The molecule has 0 bridgehead atoms. The van der Waals surface area contributed by atoms with E-state index >= 15 is 0 Å². The molecule has 0 saturated heterocycles. The second kappa shape index (κ2) is 8.70. The zero-order valence-corrected chi connectivity index (χ0v) is 15.2. The molecule has 0 aromatic heterocycles. The topological polar surface area (TPSA) is 114 Å². The Kier molecular flexibility index (Phi) is 6.37. The second-order valence-electron chi connectivity index (χ2n) is 6.17. The molecule has 0 aliphatic carbocycles. The van der Waals surface area contributed by atoms with Crippen LogP contribution in [0.1, 0.15) is 36.7 Å². The number of hydrogen-bond donors (Lipinski definition) is 2. The van der Waals surface area contributed by atoms with Gasteiger partial charge in [-0.1, -0.05) is 26.0 Å². The van der Waals surface area contributed by atoms with Crippen LogP contribution >= 0.6 is 0 Å². The predicted molar refractivity (Wildman–Crippen MR) is 103 cm³/mol. The summed E-state index contributed by atoms with van der Waals surface area (Å²) in [6.45, 7) is 5.22. The molecule has 2 aromatic carbocycles. The van der Waals surface area contributed by atoms with Gasteiger partial charge in [0, 0.05) is 34.9 Å². The summed E-state index contributed by atoms with van der Waals surface area (Å²) < 4.78 is 0. The quantitative estimate of drug-likeness (QED) is 0.462. The molecule has 8 heteroatoms. The molecule has 2 aromatic rings. The summed E-state index contributed by atoms with van der Waals surface area (Å²) in [5.74, 6) is -0.676. The number of carbonyl (C=O) groups is 2. The van der Waals surface area contributed by atoms with Gasteiger partial charge in [0.1, 0.15) is 0 Å². The van der Waals surface area contributed by atoms with Crippen LogP contribution in [0.15, 0.2) is 53.6 Å². The molecule has 0 atom stereocenters. The Labute approximate surface area is 156 Å². The van der Waals surface area contributed by atoms with Crippen LogP contribution in [0.25, 0.3) is 0 Å². The SMILES string of the molecule is C/C(=N\NC(=O)c1ccc(NC(=O)C(C)C)cc1)c1cccc([N+](=O)[O-])c1. The molecule has 0 radical (unpaired) electrons. The van der Waals surface area contributed by atoms with Crippen molar-refractivity contribution >= 4 is 28.9 Å². The van der Waals surface area contributed by atoms with E-state index < -0.39 is 10.8 Å². The summed E-state index contributed by atoms with van der Waals surface area (Å²) in [6.07, 6.45) is 0. The van der Waals surface area contributed by atoms with Crippen molar-refractivity contribution in [2.75, 3.05) is 5.32 Å². The van der Waals surface area contributed by atoms with Crippen molar-refractivity contribution in [3.8, 4) is 0 Å². The zero-order chi connectivity index (χ0) is 20.0. The van der Waals surface area contributed by atoms with Crippen LogP contribution in [0.4, 0.5) is 11.4 Å². The molecule has 0 fully saturated rings. The Morgan fingerprint density at radius 2 is 1.74 bits per heavy atom. The Morgan fingerprint density at radius 3 is 2.33 bits per heavy atom. The number of nitro groups is 1. The molecule has 2 amide bonds. The van der Waals surface area contributed by atoms with Crippen molar-refractivity contribution in [2.24, 2.45) is 11.0 Å². The van der Waals surface area contributed by atoms with Crippen LogP contribution in [0.5, 0.6) is 0 Å². The van der Waals surface area contributed by atoms with Crippen molar-refractivity contribution in [1.29, 1.82) is 0 Å². The molecular formula is C19H20N4O4. The monoisotopic (exact) mass is 368 g/mol. The smallest absolute Gasteiger partial charge is 0.271 e. The second-order valence-corrected chi connectivity index (χ2v) is 6.17. The van der Waals surface area contributed by atoms with Crippen LogP contribution in [0.2, 0.25) is 0 Å². The first-order chi connectivity index (χ1) is 12.8. The van der Waals surface area contributed by atoms with Crippen molar-refractivity contribution in [3.05, 3.63) is 69.8 Å². The number of benzene rings is 2. The van der Waals surface area contributed by atoms with E-state index in [1.165, 1.54) is 12.1 Å².